The molecule has 4 heteroatoms. The molecule has 3 aromatic rings. The quantitative estimate of drug-likeness (QED) is 0.711. The predicted molar refractivity (Wildman–Crippen MR) is 78.9 cm³/mol. The first-order valence-corrected chi connectivity index (χ1v) is 6.71. The van der Waals surface area contributed by atoms with Gasteiger partial charge in [-0.2, -0.15) is 0 Å². The third kappa shape index (κ3) is 1.58. The molecule has 100 valence electrons. The zero-order valence-corrected chi connectivity index (χ0v) is 11.2. The third-order valence-corrected chi connectivity index (χ3v) is 4.01. The van der Waals surface area contributed by atoms with Gasteiger partial charge in [-0.05, 0) is 29.8 Å². The van der Waals surface area contributed by atoms with E-state index in [1.54, 1.807) is 6.07 Å². The van der Waals surface area contributed by atoms with Gasteiger partial charge in [-0.3, -0.25) is 0 Å². The van der Waals surface area contributed by atoms with Crippen molar-refractivity contribution in [2.24, 2.45) is 7.05 Å². The van der Waals surface area contributed by atoms with E-state index in [-0.39, 0.29) is 6.04 Å². The highest BCUT2D eigenvalue weighted by Crippen LogP contribution is 2.37. The Balaban J connectivity index is 1.83. The summed E-state index contributed by atoms with van der Waals surface area (Å²) in [4.78, 5) is 4.37. The van der Waals surface area contributed by atoms with Crippen molar-refractivity contribution >= 4 is 16.7 Å². The highest BCUT2D eigenvalue weighted by atomic mass is 16.3. The summed E-state index contributed by atoms with van der Waals surface area (Å²) in [6.07, 6.45) is 4.87. The van der Waals surface area contributed by atoms with Crippen LogP contribution < -0.4 is 5.32 Å². The van der Waals surface area contributed by atoms with E-state index in [0.717, 1.165) is 23.1 Å². The van der Waals surface area contributed by atoms with Crippen molar-refractivity contribution in [3.05, 3.63) is 53.9 Å². The van der Waals surface area contributed by atoms with Crippen LogP contribution >= 0.6 is 0 Å². The van der Waals surface area contributed by atoms with Crippen molar-refractivity contribution in [1.82, 2.24) is 9.55 Å². The number of phenolic OH excluding ortho intramolecular Hbond substituents is 1. The summed E-state index contributed by atoms with van der Waals surface area (Å²) in [6.45, 7) is 0. The molecule has 1 unspecified atom stereocenters. The van der Waals surface area contributed by atoms with Gasteiger partial charge in [0.25, 0.3) is 0 Å². The van der Waals surface area contributed by atoms with Gasteiger partial charge in [0.1, 0.15) is 11.6 Å². The molecule has 2 aromatic heterocycles. The molecule has 3 heterocycles. The van der Waals surface area contributed by atoms with E-state index in [1.807, 2.05) is 31.4 Å². The monoisotopic (exact) mass is 265 g/mol. The van der Waals surface area contributed by atoms with Gasteiger partial charge in [0.05, 0.1) is 6.04 Å². The molecule has 0 fully saturated rings. The Kier molecular flexibility index (Phi) is 2.27. The van der Waals surface area contributed by atoms with Crippen molar-refractivity contribution < 1.29 is 5.11 Å². The summed E-state index contributed by atoms with van der Waals surface area (Å²) in [6, 6.07) is 9.81. The molecule has 1 aromatic carbocycles. The number of aromatic nitrogens is 2. The number of fused-ring (bicyclic) bond motifs is 2. The van der Waals surface area contributed by atoms with Crippen LogP contribution in [0.5, 0.6) is 5.75 Å². The van der Waals surface area contributed by atoms with Crippen molar-refractivity contribution in [2.45, 2.75) is 12.5 Å². The van der Waals surface area contributed by atoms with Crippen LogP contribution in [0.2, 0.25) is 0 Å². The van der Waals surface area contributed by atoms with E-state index in [0.29, 0.717) is 5.75 Å². The number of benzene rings is 1. The predicted octanol–water partition coefficient (Wildman–Crippen LogP) is 2.99. The molecular weight excluding hydrogens is 250 g/mol. The fraction of sp³-hybridized carbons (Fsp3) is 0.188. The van der Waals surface area contributed by atoms with E-state index in [1.165, 1.54) is 11.1 Å². The number of aryl methyl sites for hydroxylation is 1. The fourth-order valence-electron chi connectivity index (χ4n) is 3.05. The number of aromatic hydroxyl groups is 1. The lowest BCUT2D eigenvalue weighted by Crippen LogP contribution is -2.05. The van der Waals surface area contributed by atoms with Gasteiger partial charge >= 0.3 is 0 Å². The van der Waals surface area contributed by atoms with Gasteiger partial charge in [-0.1, -0.05) is 6.07 Å². The number of anilines is 1. The van der Waals surface area contributed by atoms with E-state index < -0.39 is 0 Å². The van der Waals surface area contributed by atoms with Crippen LogP contribution in [0.25, 0.3) is 10.9 Å². The number of nitrogens with one attached hydrogen (secondary N) is 1. The van der Waals surface area contributed by atoms with Gasteiger partial charge in [-0.15, -0.1) is 0 Å². The first-order chi connectivity index (χ1) is 9.72. The molecule has 0 radical (unpaired) electrons. The second-order valence-corrected chi connectivity index (χ2v) is 5.31. The molecule has 1 aliphatic rings. The molecule has 0 saturated carbocycles. The largest absolute Gasteiger partial charge is 0.508 e. The molecule has 2 N–H and O–H groups in total. The SMILES string of the molecule is Cn1cc(C2Cc3cccnc3N2)c2cc(O)ccc21. The molecule has 1 aliphatic heterocycles. The van der Waals surface area contributed by atoms with Crippen LogP contribution in [0.3, 0.4) is 0 Å². The molecular formula is C16H15N3O. The number of nitrogens with zero attached hydrogens (tertiary/aromatic N) is 2. The lowest BCUT2D eigenvalue weighted by molar-refractivity contribution is 0.476. The number of phenols is 1. The Bertz CT molecular complexity index is 782. The number of hydrogen-bond donors (Lipinski definition) is 2. The van der Waals surface area contributed by atoms with Crippen LogP contribution in [0.1, 0.15) is 17.2 Å². The smallest absolute Gasteiger partial charge is 0.129 e. The highest BCUT2D eigenvalue weighted by Gasteiger charge is 2.25. The Morgan fingerprint density at radius 3 is 3.10 bits per heavy atom. The summed E-state index contributed by atoms with van der Waals surface area (Å²) in [5, 5.41) is 14.3. The molecule has 4 nitrogen and oxygen atoms in total. The Labute approximate surface area is 116 Å². The van der Waals surface area contributed by atoms with Gasteiger partial charge in [0, 0.05) is 42.3 Å². The lowest BCUT2D eigenvalue weighted by atomic mass is 10.0. The van der Waals surface area contributed by atoms with Crippen molar-refractivity contribution in [1.29, 1.82) is 0 Å². The average Bonchev–Trinajstić information content (AvgIpc) is 3.00. The van der Waals surface area contributed by atoms with E-state index in [9.17, 15) is 5.11 Å². The Morgan fingerprint density at radius 2 is 2.25 bits per heavy atom. The summed E-state index contributed by atoms with van der Waals surface area (Å²) in [5.41, 5.74) is 3.58. The average molecular weight is 265 g/mol. The van der Waals surface area contributed by atoms with Crippen LogP contribution in [-0.4, -0.2) is 14.7 Å². The second-order valence-electron chi connectivity index (χ2n) is 5.31. The van der Waals surface area contributed by atoms with Crippen molar-refractivity contribution in [2.75, 3.05) is 5.32 Å². The van der Waals surface area contributed by atoms with Gasteiger partial charge in [0.2, 0.25) is 0 Å². The standard InChI is InChI=1S/C16H15N3O/c1-19-9-13(12-8-11(20)4-5-15(12)19)14-7-10-3-2-6-17-16(10)18-14/h2-6,8-9,14,20H,7H2,1H3,(H,17,18). The summed E-state index contributed by atoms with van der Waals surface area (Å²) in [5.74, 6) is 1.27. The van der Waals surface area contributed by atoms with Crippen molar-refractivity contribution in [3.63, 3.8) is 0 Å². The maximum atomic E-state index is 9.74. The Hall–Kier alpha value is -2.49. The molecule has 0 spiro atoms. The maximum Gasteiger partial charge on any atom is 0.129 e. The van der Waals surface area contributed by atoms with Crippen LogP contribution in [-0.2, 0) is 13.5 Å². The minimum Gasteiger partial charge on any atom is -0.508 e. The maximum absolute atomic E-state index is 9.74. The number of pyridine rings is 1. The lowest BCUT2D eigenvalue weighted by Gasteiger charge is -2.09. The summed E-state index contributed by atoms with van der Waals surface area (Å²) < 4.78 is 2.10. The normalized spacial score (nSPS) is 17.1. The highest BCUT2D eigenvalue weighted by molar-refractivity contribution is 5.86. The van der Waals surface area contributed by atoms with Crippen LogP contribution in [0, 0.1) is 0 Å². The van der Waals surface area contributed by atoms with Crippen LogP contribution in [0.15, 0.2) is 42.7 Å². The van der Waals surface area contributed by atoms with Gasteiger partial charge in [-0.25, -0.2) is 4.98 Å². The summed E-state index contributed by atoms with van der Waals surface area (Å²) in [7, 11) is 2.03. The topological polar surface area (TPSA) is 50.1 Å². The molecule has 1 atom stereocenters. The van der Waals surface area contributed by atoms with Gasteiger partial charge < -0.3 is 15.0 Å². The first kappa shape index (κ1) is 11.3. The number of hydrogen-bond acceptors (Lipinski definition) is 3. The van der Waals surface area contributed by atoms with E-state index in [2.05, 4.69) is 27.1 Å². The molecule has 4 rings (SSSR count). The molecule has 0 bridgehead atoms. The summed E-state index contributed by atoms with van der Waals surface area (Å²) >= 11 is 0. The van der Waals surface area contributed by atoms with E-state index >= 15 is 0 Å². The fourth-order valence-corrected chi connectivity index (χ4v) is 3.05. The van der Waals surface area contributed by atoms with Gasteiger partial charge in [0.15, 0.2) is 0 Å². The molecule has 20 heavy (non-hydrogen) atoms. The van der Waals surface area contributed by atoms with Crippen LogP contribution in [0.4, 0.5) is 5.82 Å². The Morgan fingerprint density at radius 1 is 1.35 bits per heavy atom. The number of rotatable bonds is 1. The molecule has 0 aliphatic carbocycles. The minimum absolute atomic E-state index is 0.213. The zero-order chi connectivity index (χ0) is 13.7. The molecule has 0 amide bonds. The van der Waals surface area contributed by atoms with E-state index in [4.69, 9.17) is 0 Å². The zero-order valence-electron chi connectivity index (χ0n) is 11.2. The molecule has 0 saturated heterocycles. The first-order valence-electron chi connectivity index (χ1n) is 6.71. The third-order valence-electron chi connectivity index (χ3n) is 4.01. The second kappa shape index (κ2) is 4.00. The van der Waals surface area contributed by atoms with Crippen molar-refractivity contribution in [3.8, 4) is 5.75 Å². The minimum atomic E-state index is 0.213.